The van der Waals surface area contributed by atoms with E-state index in [1.54, 1.807) is 6.92 Å². The molecule has 1 aliphatic rings. The molecule has 1 aliphatic heterocycles. The number of ether oxygens (including phenoxy) is 2. The first-order valence-electron chi connectivity index (χ1n) is 5.85. The molecule has 0 unspecified atom stereocenters. The number of nitrogens with one attached hydrogen (secondary N) is 1. The summed E-state index contributed by atoms with van der Waals surface area (Å²) in [6.07, 6.45) is -4.19. The van der Waals surface area contributed by atoms with Crippen molar-refractivity contribution in [1.29, 1.82) is 0 Å². The molecular formula is C13H12F3NO3. The Balaban J connectivity index is 2.06. The standard InChI is InChI=1S/C13H12F3NO3/c1-8(11-6-7-19-12(11)18)17-9-2-4-10(5-3-9)20-13(14,15)16/h2-5,17H,6-7H2,1H3/b11-8+. The van der Waals surface area contributed by atoms with Gasteiger partial charge in [-0.05, 0) is 31.2 Å². The highest BCUT2D eigenvalue weighted by Crippen LogP contribution is 2.25. The van der Waals surface area contributed by atoms with E-state index < -0.39 is 6.36 Å². The van der Waals surface area contributed by atoms with E-state index in [2.05, 4.69) is 10.1 Å². The van der Waals surface area contributed by atoms with Gasteiger partial charge in [-0.25, -0.2) is 4.79 Å². The van der Waals surface area contributed by atoms with Crippen molar-refractivity contribution in [3.8, 4) is 5.75 Å². The second kappa shape index (κ2) is 5.44. The van der Waals surface area contributed by atoms with Crippen molar-refractivity contribution >= 4 is 11.7 Å². The van der Waals surface area contributed by atoms with E-state index in [1.165, 1.54) is 24.3 Å². The zero-order chi connectivity index (χ0) is 14.8. The first kappa shape index (κ1) is 14.2. The number of carbonyl (C=O) groups is 1. The van der Waals surface area contributed by atoms with Gasteiger partial charge in [0.15, 0.2) is 0 Å². The molecule has 0 amide bonds. The van der Waals surface area contributed by atoms with Gasteiger partial charge in [-0.1, -0.05) is 0 Å². The Morgan fingerprint density at radius 3 is 2.45 bits per heavy atom. The quantitative estimate of drug-likeness (QED) is 0.685. The molecule has 1 fully saturated rings. The van der Waals surface area contributed by atoms with Crippen LogP contribution < -0.4 is 10.1 Å². The summed E-state index contributed by atoms with van der Waals surface area (Å²) >= 11 is 0. The second-order valence-corrected chi connectivity index (χ2v) is 4.19. The molecule has 0 radical (unpaired) electrons. The van der Waals surface area contributed by atoms with Gasteiger partial charge >= 0.3 is 12.3 Å². The SMILES string of the molecule is C/C(Nc1ccc(OC(F)(F)F)cc1)=C1/CCOC1=O. The average molecular weight is 287 g/mol. The highest BCUT2D eigenvalue weighted by Gasteiger charge is 2.31. The van der Waals surface area contributed by atoms with Crippen molar-refractivity contribution in [2.75, 3.05) is 11.9 Å². The normalized spacial score (nSPS) is 17.7. The maximum absolute atomic E-state index is 12.0. The first-order valence-corrected chi connectivity index (χ1v) is 5.85. The minimum atomic E-state index is -4.71. The molecule has 0 aliphatic carbocycles. The molecule has 20 heavy (non-hydrogen) atoms. The number of anilines is 1. The van der Waals surface area contributed by atoms with Gasteiger partial charge in [0.25, 0.3) is 0 Å². The molecule has 108 valence electrons. The van der Waals surface area contributed by atoms with E-state index in [0.29, 0.717) is 30.0 Å². The Morgan fingerprint density at radius 1 is 1.30 bits per heavy atom. The highest BCUT2D eigenvalue weighted by atomic mass is 19.4. The van der Waals surface area contributed by atoms with E-state index in [0.717, 1.165) is 0 Å². The zero-order valence-corrected chi connectivity index (χ0v) is 10.6. The van der Waals surface area contributed by atoms with Gasteiger partial charge in [-0.15, -0.1) is 13.2 Å². The van der Waals surface area contributed by atoms with Crippen LogP contribution in [-0.2, 0) is 9.53 Å². The molecule has 0 saturated carbocycles. The van der Waals surface area contributed by atoms with Crippen LogP contribution in [0.5, 0.6) is 5.75 Å². The largest absolute Gasteiger partial charge is 0.573 e. The number of carbonyl (C=O) groups excluding carboxylic acids is 1. The van der Waals surface area contributed by atoms with Crippen molar-refractivity contribution < 1.29 is 27.4 Å². The summed E-state index contributed by atoms with van der Waals surface area (Å²) in [5, 5.41) is 2.95. The van der Waals surface area contributed by atoms with Crippen LogP contribution >= 0.6 is 0 Å². The van der Waals surface area contributed by atoms with Crippen molar-refractivity contribution in [1.82, 2.24) is 0 Å². The van der Waals surface area contributed by atoms with Crippen LogP contribution in [0, 0.1) is 0 Å². The molecule has 0 spiro atoms. The molecule has 4 nitrogen and oxygen atoms in total. The maximum Gasteiger partial charge on any atom is 0.573 e. The van der Waals surface area contributed by atoms with Crippen molar-refractivity contribution in [3.63, 3.8) is 0 Å². The zero-order valence-electron chi connectivity index (χ0n) is 10.6. The lowest BCUT2D eigenvalue weighted by molar-refractivity contribution is -0.274. The van der Waals surface area contributed by atoms with Crippen LogP contribution in [0.1, 0.15) is 13.3 Å². The van der Waals surface area contributed by atoms with E-state index in [4.69, 9.17) is 4.74 Å². The second-order valence-electron chi connectivity index (χ2n) is 4.19. The van der Waals surface area contributed by atoms with Crippen LogP contribution in [0.3, 0.4) is 0 Å². The summed E-state index contributed by atoms with van der Waals surface area (Å²) in [7, 11) is 0. The lowest BCUT2D eigenvalue weighted by Gasteiger charge is -2.11. The van der Waals surface area contributed by atoms with Gasteiger partial charge in [-0.3, -0.25) is 0 Å². The van der Waals surface area contributed by atoms with Gasteiger partial charge in [0, 0.05) is 17.8 Å². The third-order valence-corrected chi connectivity index (χ3v) is 2.70. The molecule has 0 bridgehead atoms. The predicted molar refractivity (Wildman–Crippen MR) is 65.0 cm³/mol. The van der Waals surface area contributed by atoms with Gasteiger partial charge in [0.05, 0.1) is 12.2 Å². The minimum absolute atomic E-state index is 0.298. The summed E-state index contributed by atoms with van der Waals surface area (Å²) in [6.45, 7) is 2.06. The smallest absolute Gasteiger partial charge is 0.462 e. The Kier molecular flexibility index (Phi) is 3.87. The number of hydrogen-bond donors (Lipinski definition) is 1. The first-order chi connectivity index (χ1) is 9.35. The number of alkyl halides is 3. The molecule has 1 heterocycles. The third kappa shape index (κ3) is 3.66. The van der Waals surface area contributed by atoms with Crippen LogP contribution in [0.15, 0.2) is 35.5 Å². The third-order valence-electron chi connectivity index (χ3n) is 2.70. The highest BCUT2D eigenvalue weighted by molar-refractivity contribution is 5.91. The van der Waals surface area contributed by atoms with Crippen LogP contribution in [0.4, 0.5) is 18.9 Å². The van der Waals surface area contributed by atoms with E-state index in [9.17, 15) is 18.0 Å². The lowest BCUT2D eigenvalue weighted by atomic mass is 10.2. The van der Waals surface area contributed by atoms with Gasteiger partial charge in [0.2, 0.25) is 0 Å². The van der Waals surface area contributed by atoms with E-state index >= 15 is 0 Å². The van der Waals surface area contributed by atoms with E-state index in [-0.39, 0.29) is 11.7 Å². The Labute approximate surface area is 113 Å². The lowest BCUT2D eigenvalue weighted by Crippen LogP contribution is -2.17. The summed E-state index contributed by atoms with van der Waals surface area (Å²) in [5.41, 5.74) is 1.72. The molecule has 1 aromatic carbocycles. The number of rotatable bonds is 3. The molecule has 2 rings (SSSR count). The van der Waals surface area contributed by atoms with Gasteiger partial charge < -0.3 is 14.8 Å². The Morgan fingerprint density at radius 2 is 1.95 bits per heavy atom. The van der Waals surface area contributed by atoms with Crippen molar-refractivity contribution in [3.05, 3.63) is 35.5 Å². The van der Waals surface area contributed by atoms with Gasteiger partial charge in [0.1, 0.15) is 5.75 Å². The van der Waals surface area contributed by atoms with Crippen LogP contribution in [-0.4, -0.2) is 18.9 Å². The number of allylic oxidation sites excluding steroid dienone is 1. The Bertz CT molecular complexity index is 535. The fraction of sp³-hybridized carbons (Fsp3) is 0.308. The Hall–Kier alpha value is -2.18. The number of hydrogen-bond acceptors (Lipinski definition) is 4. The molecule has 0 aromatic heterocycles. The number of esters is 1. The average Bonchev–Trinajstić information content (AvgIpc) is 2.76. The summed E-state index contributed by atoms with van der Waals surface area (Å²) in [5.74, 6) is -0.666. The van der Waals surface area contributed by atoms with Crippen molar-refractivity contribution in [2.24, 2.45) is 0 Å². The molecule has 7 heteroatoms. The fourth-order valence-electron chi connectivity index (χ4n) is 1.81. The topological polar surface area (TPSA) is 47.6 Å². The van der Waals surface area contributed by atoms with Crippen LogP contribution in [0.25, 0.3) is 0 Å². The molecular weight excluding hydrogens is 275 g/mol. The molecule has 1 N–H and O–H groups in total. The van der Waals surface area contributed by atoms with Crippen molar-refractivity contribution in [2.45, 2.75) is 19.7 Å². The number of benzene rings is 1. The number of cyclic esters (lactones) is 1. The molecule has 1 aromatic rings. The van der Waals surface area contributed by atoms with E-state index in [1.807, 2.05) is 0 Å². The summed E-state index contributed by atoms with van der Waals surface area (Å²) < 4.78 is 44.6. The maximum atomic E-state index is 12.0. The predicted octanol–water partition coefficient (Wildman–Crippen LogP) is 3.22. The van der Waals surface area contributed by atoms with Gasteiger partial charge in [-0.2, -0.15) is 0 Å². The van der Waals surface area contributed by atoms with Crippen LogP contribution in [0.2, 0.25) is 0 Å². The monoisotopic (exact) mass is 287 g/mol. The molecule has 1 saturated heterocycles. The summed E-state index contributed by atoms with van der Waals surface area (Å²) in [6, 6.07) is 5.26. The molecule has 0 atom stereocenters. The summed E-state index contributed by atoms with van der Waals surface area (Å²) in [4.78, 5) is 11.4. The number of halogens is 3. The fourth-order valence-corrected chi connectivity index (χ4v) is 1.81. The minimum Gasteiger partial charge on any atom is -0.462 e.